The van der Waals surface area contributed by atoms with Crippen molar-refractivity contribution in [3.8, 4) is 5.69 Å². The van der Waals surface area contributed by atoms with Gasteiger partial charge in [-0.05, 0) is 64.4 Å². The molecule has 31 heavy (non-hydrogen) atoms. The normalized spacial score (nSPS) is 15.2. The fourth-order valence-electron chi connectivity index (χ4n) is 3.57. The summed E-state index contributed by atoms with van der Waals surface area (Å²) in [5.74, 6) is -1.71. The second-order valence-electron chi connectivity index (χ2n) is 8.08. The number of carbonyl (C=O) groups is 4. The van der Waals surface area contributed by atoms with E-state index >= 15 is 0 Å². The number of hydrogen-bond acceptors (Lipinski definition) is 5. The zero-order valence-corrected chi connectivity index (χ0v) is 19.6. The van der Waals surface area contributed by atoms with E-state index in [1.54, 1.807) is 19.9 Å². The van der Waals surface area contributed by atoms with Crippen LogP contribution in [0.2, 0.25) is 0 Å². The number of aromatic nitrogens is 1. The summed E-state index contributed by atoms with van der Waals surface area (Å²) in [5, 5.41) is 2.49. The van der Waals surface area contributed by atoms with E-state index in [9.17, 15) is 19.2 Å². The highest BCUT2D eigenvalue weighted by molar-refractivity contribution is 9.10. The monoisotopic (exact) mass is 489 g/mol. The molecular formula is C22H24BrN3O5. The largest absolute Gasteiger partial charge is 0.456 e. The molecule has 2 aromatic rings. The van der Waals surface area contributed by atoms with Crippen molar-refractivity contribution in [2.75, 3.05) is 13.2 Å². The molecule has 1 N–H and O–H groups in total. The number of Topliss-reactive ketones (excluding diaryl/α,β-unsaturated/α-hetero) is 1. The van der Waals surface area contributed by atoms with Crippen LogP contribution < -0.4 is 5.32 Å². The van der Waals surface area contributed by atoms with Crippen molar-refractivity contribution in [1.82, 2.24) is 14.8 Å². The first-order chi connectivity index (χ1) is 14.4. The van der Waals surface area contributed by atoms with Crippen molar-refractivity contribution in [2.24, 2.45) is 0 Å². The van der Waals surface area contributed by atoms with E-state index in [0.29, 0.717) is 5.56 Å². The standard InChI is InChI=1S/C22H24BrN3O5/c1-12-8-15(6-7-17(12)23)26-13(2)9-16(14(26)3)18(27)11-31-19(28)10-25-20(29)22(4,5)24-21(25)30/h6-9H,10-11H2,1-5H3,(H,24,30). The molecule has 3 amide bonds. The number of imide groups is 1. The smallest absolute Gasteiger partial charge is 0.326 e. The Bertz CT molecular complexity index is 1100. The van der Waals surface area contributed by atoms with E-state index in [1.165, 1.54) is 0 Å². The number of aryl methyl sites for hydroxylation is 2. The molecule has 3 rings (SSSR count). The Labute approximate surface area is 188 Å². The summed E-state index contributed by atoms with van der Waals surface area (Å²) in [6, 6.07) is 7.00. The first-order valence-electron chi connectivity index (χ1n) is 9.71. The molecule has 0 radical (unpaired) electrons. The molecule has 1 aliphatic heterocycles. The van der Waals surface area contributed by atoms with E-state index < -0.39 is 36.6 Å². The topological polar surface area (TPSA) is 97.7 Å². The Balaban J connectivity index is 1.69. The molecule has 1 saturated heterocycles. The van der Waals surface area contributed by atoms with Crippen molar-refractivity contribution >= 4 is 39.6 Å². The third-order valence-electron chi connectivity index (χ3n) is 5.23. The van der Waals surface area contributed by atoms with Gasteiger partial charge in [-0.1, -0.05) is 15.9 Å². The maximum atomic E-state index is 12.7. The summed E-state index contributed by atoms with van der Waals surface area (Å²) in [6.45, 7) is 7.78. The zero-order chi connectivity index (χ0) is 23.1. The van der Waals surface area contributed by atoms with Crippen LogP contribution in [0.25, 0.3) is 5.69 Å². The van der Waals surface area contributed by atoms with Crippen LogP contribution in [0.1, 0.15) is 41.2 Å². The molecule has 0 unspecified atom stereocenters. The fourth-order valence-corrected chi connectivity index (χ4v) is 3.82. The van der Waals surface area contributed by atoms with Crippen LogP contribution >= 0.6 is 15.9 Å². The fraction of sp³-hybridized carbons (Fsp3) is 0.364. The maximum Gasteiger partial charge on any atom is 0.326 e. The quantitative estimate of drug-likeness (QED) is 0.381. The van der Waals surface area contributed by atoms with E-state index in [2.05, 4.69) is 21.2 Å². The highest BCUT2D eigenvalue weighted by Gasteiger charge is 2.45. The second kappa shape index (κ2) is 8.30. The SMILES string of the molecule is Cc1cc(-n2c(C)cc(C(=O)COC(=O)CN3C(=O)NC(C)(C)C3=O)c2C)ccc1Br. The summed E-state index contributed by atoms with van der Waals surface area (Å²) in [7, 11) is 0. The molecule has 0 saturated carbocycles. The average Bonchev–Trinajstić information content (AvgIpc) is 3.08. The van der Waals surface area contributed by atoms with Crippen LogP contribution in [-0.2, 0) is 14.3 Å². The van der Waals surface area contributed by atoms with Gasteiger partial charge in [0, 0.05) is 27.1 Å². The zero-order valence-electron chi connectivity index (χ0n) is 18.0. The minimum atomic E-state index is -1.07. The molecule has 0 aliphatic carbocycles. The molecule has 2 heterocycles. The number of benzene rings is 1. The molecule has 0 atom stereocenters. The molecule has 1 aliphatic rings. The van der Waals surface area contributed by atoms with Crippen LogP contribution in [0.3, 0.4) is 0 Å². The first kappa shape index (κ1) is 22.7. The molecule has 9 heteroatoms. The molecule has 1 aromatic heterocycles. The van der Waals surface area contributed by atoms with Gasteiger partial charge in [0.2, 0.25) is 5.78 Å². The van der Waals surface area contributed by atoms with E-state index in [-0.39, 0.29) is 5.78 Å². The van der Waals surface area contributed by atoms with Crippen molar-refractivity contribution in [3.05, 3.63) is 51.3 Å². The van der Waals surface area contributed by atoms with E-state index in [1.807, 2.05) is 43.5 Å². The number of esters is 1. The Morgan fingerprint density at radius 2 is 1.81 bits per heavy atom. The average molecular weight is 490 g/mol. The van der Waals surface area contributed by atoms with Crippen molar-refractivity contribution in [3.63, 3.8) is 0 Å². The number of nitrogens with zero attached hydrogens (tertiary/aromatic N) is 2. The summed E-state index contributed by atoms with van der Waals surface area (Å²) >= 11 is 3.48. The van der Waals surface area contributed by atoms with Gasteiger partial charge in [0.05, 0.1) is 0 Å². The molecule has 1 aromatic carbocycles. The predicted octanol–water partition coefficient (Wildman–Crippen LogP) is 3.22. The van der Waals surface area contributed by atoms with Gasteiger partial charge >= 0.3 is 12.0 Å². The van der Waals surface area contributed by atoms with Gasteiger partial charge in [-0.25, -0.2) is 4.79 Å². The number of hydrogen-bond donors (Lipinski definition) is 1. The van der Waals surface area contributed by atoms with Crippen LogP contribution in [-0.4, -0.2) is 51.8 Å². The third kappa shape index (κ3) is 4.41. The lowest BCUT2D eigenvalue weighted by atomic mass is 10.1. The summed E-state index contributed by atoms with van der Waals surface area (Å²) in [5.41, 5.74) is 2.97. The number of ether oxygens (including phenoxy) is 1. The molecule has 0 bridgehead atoms. The second-order valence-corrected chi connectivity index (χ2v) is 8.94. The molecule has 0 spiro atoms. The Morgan fingerprint density at radius 3 is 2.39 bits per heavy atom. The minimum Gasteiger partial charge on any atom is -0.456 e. The molecule has 8 nitrogen and oxygen atoms in total. The van der Waals surface area contributed by atoms with Gasteiger partial charge in [0.1, 0.15) is 12.1 Å². The van der Waals surface area contributed by atoms with E-state index in [0.717, 1.165) is 32.0 Å². The van der Waals surface area contributed by atoms with Gasteiger partial charge in [-0.2, -0.15) is 0 Å². The lowest BCUT2D eigenvalue weighted by molar-refractivity contribution is -0.146. The van der Waals surface area contributed by atoms with Crippen molar-refractivity contribution in [1.29, 1.82) is 0 Å². The highest BCUT2D eigenvalue weighted by Crippen LogP contribution is 2.25. The number of carbonyl (C=O) groups excluding carboxylic acids is 4. The van der Waals surface area contributed by atoms with Crippen molar-refractivity contribution in [2.45, 2.75) is 40.2 Å². The van der Waals surface area contributed by atoms with Crippen LogP contribution in [0, 0.1) is 20.8 Å². The first-order valence-corrected chi connectivity index (χ1v) is 10.5. The van der Waals surface area contributed by atoms with Gasteiger partial charge < -0.3 is 14.6 Å². The Hall–Kier alpha value is -2.94. The van der Waals surface area contributed by atoms with Gasteiger partial charge in [0.15, 0.2) is 6.61 Å². The van der Waals surface area contributed by atoms with Crippen LogP contribution in [0.15, 0.2) is 28.7 Å². The van der Waals surface area contributed by atoms with Crippen LogP contribution in [0.4, 0.5) is 4.79 Å². The predicted molar refractivity (Wildman–Crippen MR) is 117 cm³/mol. The number of urea groups is 1. The van der Waals surface area contributed by atoms with Gasteiger partial charge in [0.25, 0.3) is 5.91 Å². The van der Waals surface area contributed by atoms with Gasteiger partial charge in [-0.15, -0.1) is 0 Å². The third-order valence-corrected chi connectivity index (χ3v) is 6.12. The van der Waals surface area contributed by atoms with Gasteiger partial charge in [-0.3, -0.25) is 19.3 Å². The summed E-state index contributed by atoms with van der Waals surface area (Å²) < 4.78 is 8.01. The number of rotatable bonds is 6. The summed E-state index contributed by atoms with van der Waals surface area (Å²) in [6.07, 6.45) is 0. The number of ketones is 1. The highest BCUT2D eigenvalue weighted by atomic mass is 79.9. The summed E-state index contributed by atoms with van der Waals surface area (Å²) in [4.78, 5) is 49.6. The molecule has 164 valence electrons. The minimum absolute atomic E-state index is 0.362. The number of halogens is 1. The molecule has 1 fully saturated rings. The Kier molecular flexibility index (Phi) is 6.09. The number of nitrogens with one attached hydrogen (secondary N) is 1. The lowest BCUT2D eigenvalue weighted by Crippen LogP contribution is -2.41. The molecular weight excluding hydrogens is 466 g/mol. The van der Waals surface area contributed by atoms with Crippen molar-refractivity contribution < 1.29 is 23.9 Å². The van der Waals surface area contributed by atoms with Crippen LogP contribution in [0.5, 0.6) is 0 Å². The Morgan fingerprint density at radius 1 is 1.13 bits per heavy atom. The van der Waals surface area contributed by atoms with E-state index in [4.69, 9.17) is 4.74 Å². The maximum absolute atomic E-state index is 12.7. The lowest BCUT2D eigenvalue weighted by Gasteiger charge is -2.15. The number of amides is 3.